The Labute approximate surface area is 120 Å². The summed E-state index contributed by atoms with van der Waals surface area (Å²) in [5.74, 6) is 1.55. The van der Waals surface area contributed by atoms with Crippen LogP contribution < -0.4 is 5.32 Å². The molecule has 2 aromatic rings. The first-order chi connectivity index (χ1) is 8.61. The van der Waals surface area contributed by atoms with Gasteiger partial charge in [0.2, 0.25) is 0 Å². The smallest absolute Gasteiger partial charge is 0.180 e. The van der Waals surface area contributed by atoms with E-state index >= 15 is 0 Å². The fourth-order valence-electron chi connectivity index (χ4n) is 1.63. The number of rotatable bonds is 3. The predicted octanol–water partition coefficient (Wildman–Crippen LogP) is 3.19. The van der Waals surface area contributed by atoms with Gasteiger partial charge in [0.1, 0.15) is 11.5 Å². The molecule has 0 aromatic carbocycles. The molecule has 18 heavy (non-hydrogen) atoms. The lowest BCUT2D eigenvalue weighted by atomic mass is 10.3. The van der Waals surface area contributed by atoms with Crippen molar-refractivity contribution in [3.05, 3.63) is 33.2 Å². The lowest BCUT2D eigenvalue weighted by Crippen LogP contribution is -2.06. The predicted molar refractivity (Wildman–Crippen MR) is 81.6 cm³/mol. The number of halogens is 1. The Balaban J connectivity index is 2.51. The van der Waals surface area contributed by atoms with Gasteiger partial charge in [-0.2, -0.15) is 0 Å². The zero-order chi connectivity index (χ0) is 13.1. The van der Waals surface area contributed by atoms with E-state index in [9.17, 15) is 0 Å². The minimum atomic E-state index is 0.674. The fraction of sp³-hybridized carbons (Fsp3) is 0.308. The number of hydrogen-bond acceptors (Lipinski definition) is 4. The van der Waals surface area contributed by atoms with E-state index in [1.807, 2.05) is 32.0 Å². The molecular formula is C13H15IN4. The summed E-state index contributed by atoms with van der Waals surface area (Å²) in [4.78, 5) is 13.5. The molecule has 1 N–H and O–H groups in total. The molecule has 5 heteroatoms. The number of nitrogens with zero attached hydrogens (tertiary/aromatic N) is 3. The Hall–Kier alpha value is -1.24. The first-order valence-corrected chi connectivity index (χ1v) is 6.91. The van der Waals surface area contributed by atoms with Crippen molar-refractivity contribution in [2.24, 2.45) is 0 Å². The first-order valence-electron chi connectivity index (χ1n) is 5.84. The zero-order valence-electron chi connectivity index (χ0n) is 10.7. The largest absolute Gasteiger partial charge is 0.369 e. The molecule has 0 radical (unpaired) electrons. The van der Waals surface area contributed by atoms with E-state index in [0.717, 1.165) is 33.0 Å². The minimum Gasteiger partial charge on any atom is -0.369 e. The summed E-state index contributed by atoms with van der Waals surface area (Å²) in [5, 5.41) is 3.26. The van der Waals surface area contributed by atoms with Gasteiger partial charge in [-0.15, -0.1) is 0 Å². The van der Waals surface area contributed by atoms with Crippen molar-refractivity contribution >= 4 is 28.4 Å². The van der Waals surface area contributed by atoms with E-state index in [1.54, 1.807) is 0 Å². The fourth-order valence-corrected chi connectivity index (χ4v) is 2.06. The lowest BCUT2D eigenvalue weighted by molar-refractivity contribution is 1.04. The van der Waals surface area contributed by atoms with Gasteiger partial charge in [-0.05, 0) is 55.5 Å². The summed E-state index contributed by atoms with van der Waals surface area (Å²) in [6, 6.07) is 5.87. The molecule has 2 rings (SSSR count). The molecule has 4 nitrogen and oxygen atoms in total. The quantitative estimate of drug-likeness (QED) is 0.861. The molecule has 2 aromatic heterocycles. The van der Waals surface area contributed by atoms with Crippen molar-refractivity contribution in [1.29, 1.82) is 0 Å². The Kier molecular flexibility index (Phi) is 4.11. The Bertz CT molecular complexity index is 569. The standard InChI is InChI=1S/C13H15IN4/c1-4-15-13-11(14)9(3)17-12(18-13)10-7-5-6-8(2)16-10/h5-7H,4H2,1-3H3,(H,15,17,18). The molecule has 0 bridgehead atoms. The summed E-state index contributed by atoms with van der Waals surface area (Å²) in [6.07, 6.45) is 0. The number of aryl methyl sites for hydroxylation is 2. The normalized spacial score (nSPS) is 10.4. The van der Waals surface area contributed by atoms with Crippen LogP contribution in [0.25, 0.3) is 11.5 Å². The van der Waals surface area contributed by atoms with Gasteiger partial charge in [-0.3, -0.25) is 0 Å². The lowest BCUT2D eigenvalue weighted by Gasteiger charge is -2.09. The maximum Gasteiger partial charge on any atom is 0.180 e. The van der Waals surface area contributed by atoms with Crippen LogP contribution in [-0.4, -0.2) is 21.5 Å². The van der Waals surface area contributed by atoms with E-state index < -0.39 is 0 Å². The molecule has 0 fully saturated rings. The maximum atomic E-state index is 4.54. The monoisotopic (exact) mass is 354 g/mol. The van der Waals surface area contributed by atoms with Crippen LogP contribution in [0.4, 0.5) is 5.82 Å². The topological polar surface area (TPSA) is 50.7 Å². The summed E-state index contributed by atoms with van der Waals surface area (Å²) in [7, 11) is 0. The van der Waals surface area contributed by atoms with Gasteiger partial charge in [0, 0.05) is 12.2 Å². The molecule has 0 unspecified atom stereocenters. The number of nitrogens with one attached hydrogen (secondary N) is 1. The van der Waals surface area contributed by atoms with E-state index in [0.29, 0.717) is 5.82 Å². The second kappa shape index (κ2) is 5.60. The van der Waals surface area contributed by atoms with Crippen LogP contribution in [0.2, 0.25) is 0 Å². The van der Waals surface area contributed by atoms with Gasteiger partial charge in [-0.1, -0.05) is 6.07 Å². The van der Waals surface area contributed by atoms with Gasteiger partial charge in [0.15, 0.2) is 5.82 Å². The highest BCUT2D eigenvalue weighted by Gasteiger charge is 2.11. The van der Waals surface area contributed by atoms with Crippen LogP contribution in [0.15, 0.2) is 18.2 Å². The number of hydrogen-bond donors (Lipinski definition) is 1. The molecule has 0 spiro atoms. The second-order valence-electron chi connectivity index (χ2n) is 3.99. The maximum absolute atomic E-state index is 4.54. The van der Waals surface area contributed by atoms with Crippen LogP contribution in [0, 0.1) is 17.4 Å². The van der Waals surface area contributed by atoms with Crippen molar-refractivity contribution in [1.82, 2.24) is 15.0 Å². The summed E-state index contributed by atoms with van der Waals surface area (Å²) >= 11 is 2.26. The average molecular weight is 354 g/mol. The summed E-state index contributed by atoms with van der Waals surface area (Å²) < 4.78 is 1.06. The number of anilines is 1. The van der Waals surface area contributed by atoms with Crippen LogP contribution in [0.1, 0.15) is 18.3 Å². The second-order valence-corrected chi connectivity index (χ2v) is 5.07. The van der Waals surface area contributed by atoms with Crippen LogP contribution in [0.5, 0.6) is 0 Å². The van der Waals surface area contributed by atoms with Gasteiger partial charge >= 0.3 is 0 Å². The molecule has 0 atom stereocenters. The van der Waals surface area contributed by atoms with E-state index in [-0.39, 0.29) is 0 Å². The van der Waals surface area contributed by atoms with E-state index in [1.165, 1.54) is 0 Å². The van der Waals surface area contributed by atoms with Crippen molar-refractivity contribution in [3.63, 3.8) is 0 Å². The summed E-state index contributed by atoms with van der Waals surface area (Å²) in [5.41, 5.74) is 2.76. The third kappa shape index (κ3) is 2.77. The van der Waals surface area contributed by atoms with Gasteiger partial charge in [0.25, 0.3) is 0 Å². The van der Waals surface area contributed by atoms with Crippen molar-refractivity contribution < 1.29 is 0 Å². The van der Waals surface area contributed by atoms with Crippen molar-refractivity contribution in [2.75, 3.05) is 11.9 Å². The third-order valence-corrected chi connectivity index (χ3v) is 3.77. The molecule has 2 heterocycles. The van der Waals surface area contributed by atoms with Crippen molar-refractivity contribution in [3.8, 4) is 11.5 Å². The van der Waals surface area contributed by atoms with Crippen LogP contribution in [0.3, 0.4) is 0 Å². The number of pyridine rings is 1. The zero-order valence-corrected chi connectivity index (χ0v) is 12.8. The third-order valence-electron chi connectivity index (χ3n) is 2.48. The SMILES string of the molecule is CCNc1nc(-c2cccc(C)n2)nc(C)c1I. The molecule has 0 aliphatic heterocycles. The molecule has 0 saturated carbocycles. The average Bonchev–Trinajstić information content (AvgIpc) is 2.35. The molecule has 94 valence electrons. The molecular weight excluding hydrogens is 339 g/mol. The van der Waals surface area contributed by atoms with Gasteiger partial charge < -0.3 is 5.32 Å². The Morgan fingerprint density at radius 1 is 1.17 bits per heavy atom. The van der Waals surface area contributed by atoms with Crippen molar-refractivity contribution in [2.45, 2.75) is 20.8 Å². The highest BCUT2D eigenvalue weighted by molar-refractivity contribution is 14.1. The number of aromatic nitrogens is 3. The van der Waals surface area contributed by atoms with E-state index in [2.05, 4.69) is 49.8 Å². The first kappa shape index (κ1) is 13.2. The Morgan fingerprint density at radius 2 is 1.94 bits per heavy atom. The highest BCUT2D eigenvalue weighted by Crippen LogP contribution is 2.22. The Morgan fingerprint density at radius 3 is 2.61 bits per heavy atom. The molecule has 0 aliphatic rings. The molecule has 0 aliphatic carbocycles. The van der Waals surface area contributed by atoms with Gasteiger partial charge in [0.05, 0.1) is 9.26 Å². The van der Waals surface area contributed by atoms with Gasteiger partial charge in [-0.25, -0.2) is 15.0 Å². The molecule has 0 saturated heterocycles. The molecule has 0 amide bonds. The highest BCUT2D eigenvalue weighted by atomic mass is 127. The van der Waals surface area contributed by atoms with E-state index in [4.69, 9.17) is 0 Å². The van der Waals surface area contributed by atoms with Crippen LogP contribution >= 0.6 is 22.6 Å². The summed E-state index contributed by atoms with van der Waals surface area (Å²) in [6.45, 7) is 6.85. The minimum absolute atomic E-state index is 0.674. The van der Waals surface area contributed by atoms with Crippen LogP contribution in [-0.2, 0) is 0 Å².